The predicted molar refractivity (Wildman–Crippen MR) is 81.6 cm³/mol. The summed E-state index contributed by atoms with van der Waals surface area (Å²) in [6, 6.07) is 11.2. The van der Waals surface area contributed by atoms with Crippen LogP contribution in [0.25, 0.3) is 0 Å². The molecule has 5 nitrogen and oxygen atoms in total. The number of nitrogens with one attached hydrogen (secondary N) is 1. The fraction of sp³-hybridized carbons (Fsp3) is 0.375. The van der Waals surface area contributed by atoms with Crippen molar-refractivity contribution in [1.29, 1.82) is 0 Å². The van der Waals surface area contributed by atoms with Crippen molar-refractivity contribution in [2.75, 3.05) is 13.7 Å². The van der Waals surface area contributed by atoms with Crippen molar-refractivity contribution >= 4 is 0 Å². The maximum absolute atomic E-state index is 5.68. The molecule has 0 bridgehead atoms. The molecule has 0 aliphatic heterocycles. The number of nitrogens with zero attached hydrogens (tertiary/aromatic N) is 2. The van der Waals surface area contributed by atoms with Gasteiger partial charge in [0, 0.05) is 12.6 Å². The molecule has 2 rings (SSSR count). The Kier molecular flexibility index (Phi) is 5.51. The third kappa shape index (κ3) is 4.72. The van der Waals surface area contributed by atoms with Gasteiger partial charge in [-0.05, 0) is 30.7 Å². The van der Waals surface area contributed by atoms with E-state index in [1.54, 1.807) is 7.11 Å². The summed E-state index contributed by atoms with van der Waals surface area (Å²) in [6.45, 7) is 6.01. The summed E-state index contributed by atoms with van der Waals surface area (Å²) in [5, 5.41) is 11.6. The summed E-state index contributed by atoms with van der Waals surface area (Å²) in [4.78, 5) is 0. The molecule has 1 N–H and O–H groups in total. The minimum absolute atomic E-state index is 0.451. The summed E-state index contributed by atoms with van der Waals surface area (Å²) < 4.78 is 10.9. The summed E-state index contributed by atoms with van der Waals surface area (Å²) in [6.07, 6.45) is 0. The number of aromatic nitrogens is 2. The maximum atomic E-state index is 5.68. The van der Waals surface area contributed by atoms with E-state index < -0.39 is 0 Å². The van der Waals surface area contributed by atoms with Crippen molar-refractivity contribution in [1.82, 2.24) is 15.5 Å². The van der Waals surface area contributed by atoms with Crippen LogP contribution in [0.2, 0.25) is 0 Å². The van der Waals surface area contributed by atoms with Crippen LogP contribution in [0.4, 0.5) is 0 Å². The Hall–Kier alpha value is -2.14. The lowest BCUT2D eigenvalue weighted by molar-refractivity contribution is 0.372. The van der Waals surface area contributed by atoms with Crippen LogP contribution < -0.4 is 14.8 Å². The Labute approximate surface area is 125 Å². The highest BCUT2D eigenvalue weighted by molar-refractivity contribution is 5.41. The highest BCUT2D eigenvalue weighted by Gasteiger charge is 2.06. The zero-order valence-electron chi connectivity index (χ0n) is 12.7. The molecule has 0 radical (unpaired) electrons. The van der Waals surface area contributed by atoms with Crippen molar-refractivity contribution in [3.05, 3.63) is 42.1 Å². The highest BCUT2D eigenvalue weighted by Crippen LogP contribution is 2.29. The summed E-state index contributed by atoms with van der Waals surface area (Å²) in [5.74, 6) is 2.36. The molecule has 0 fully saturated rings. The average molecular weight is 287 g/mol. The van der Waals surface area contributed by atoms with E-state index in [0.717, 1.165) is 12.2 Å². The molecule has 1 heterocycles. The lowest BCUT2D eigenvalue weighted by Gasteiger charge is -2.09. The van der Waals surface area contributed by atoms with Crippen LogP contribution in [0.15, 0.2) is 36.4 Å². The van der Waals surface area contributed by atoms with Crippen LogP contribution in [0.1, 0.15) is 19.5 Å². The smallest absolute Gasteiger partial charge is 0.239 e. The van der Waals surface area contributed by atoms with E-state index in [1.165, 1.54) is 0 Å². The second kappa shape index (κ2) is 7.59. The molecule has 0 saturated carbocycles. The minimum Gasteiger partial charge on any atom is -0.493 e. The van der Waals surface area contributed by atoms with E-state index in [2.05, 4.69) is 29.4 Å². The molecule has 112 valence electrons. The third-order valence-electron chi connectivity index (χ3n) is 2.84. The SMILES string of the molecule is COc1ccccc1Oc1ccc(CNCC(C)C)nn1. The van der Waals surface area contributed by atoms with Crippen LogP contribution >= 0.6 is 0 Å². The highest BCUT2D eigenvalue weighted by atomic mass is 16.5. The van der Waals surface area contributed by atoms with E-state index in [0.29, 0.717) is 29.8 Å². The van der Waals surface area contributed by atoms with E-state index in [1.807, 2.05) is 36.4 Å². The number of ether oxygens (including phenoxy) is 2. The van der Waals surface area contributed by atoms with Crippen molar-refractivity contribution in [2.24, 2.45) is 5.92 Å². The Balaban J connectivity index is 1.96. The van der Waals surface area contributed by atoms with Crippen LogP contribution in [0.5, 0.6) is 17.4 Å². The van der Waals surface area contributed by atoms with Crippen LogP contribution in [0, 0.1) is 5.92 Å². The lowest BCUT2D eigenvalue weighted by atomic mass is 10.2. The topological polar surface area (TPSA) is 56.3 Å². The van der Waals surface area contributed by atoms with Gasteiger partial charge in [0.05, 0.1) is 12.8 Å². The molecular formula is C16H21N3O2. The van der Waals surface area contributed by atoms with Crippen molar-refractivity contribution in [3.8, 4) is 17.4 Å². The Morgan fingerprint density at radius 2 is 1.81 bits per heavy atom. The molecule has 0 aliphatic carbocycles. The molecule has 0 spiro atoms. The number of benzene rings is 1. The second-order valence-electron chi connectivity index (χ2n) is 5.14. The number of hydrogen-bond acceptors (Lipinski definition) is 5. The molecule has 1 aromatic heterocycles. The van der Waals surface area contributed by atoms with Crippen molar-refractivity contribution in [3.63, 3.8) is 0 Å². The summed E-state index contributed by atoms with van der Waals surface area (Å²) >= 11 is 0. The number of hydrogen-bond donors (Lipinski definition) is 1. The van der Waals surface area contributed by atoms with Gasteiger partial charge in [-0.1, -0.05) is 26.0 Å². The first-order chi connectivity index (χ1) is 10.2. The fourth-order valence-corrected chi connectivity index (χ4v) is 1.80. The first-order valence-corrected chi connectivity index (χ1v) is 7.03. The van der Waals surface area contributed by atoms with Gasteiger partial charge in [0.15, 0.2) is 11.5 Å². The predicted octanol–water partition coefficient (Wildman–Crippen LogP) is 3.02. The van der Waals surface area contributed by atoms with E-state index >= 15 is 0 Å². The molecule has 0 amide bonds. The zero-order chi connectivity index (χ0) is 15.1. The van der Waals surface area contributed by atoms with Crippen molar-refractivity contribution in [2.45, 2.75) is 20.4 Å². The van der Waals surface area contributed by atoms with Gasteiger partial charge in [-0.25, -0.2) is 0 Å². The Morgan fingerprint density at radius 3 is 2.43 bits per heavy atom. The average Bonchev–Trinajstić information content (AvgIpc) is 2.49. The molecule has 0 saturated heterocycles. The van der Waals surface area contributed by atoms with Crippen LogP contribution in [-0.4, -0.2) is 23.9 Å². The number of methoxy groups -OCH3 is 1. The molecular weight excluding hydrogens is 266 g/mol. The Morgan fingerprint density at radius 1 is 1.05 bits per heavy atom. The first kappa shape index (κ1) is 15.3. The molecule has 5 heteroatoms. The Bertz CT molecular complexity index is 556. The standard InChI is InChI=1S/C16H21N3O2/c1-12(2)10-17-11-13-8-9-16(19-18-13)21-15-7-5-4-6-14(15)20-3/h4-9,12,17H,10-11H2,1-3H3. The van der Waals surface area contributed by atoms with Gasteiger partial charge < -0.3 is 14.8 Å². The van der Waals surface area contributed by atoms with Gasteiger partial charge in [-0.3, -0.25) is 0 Å². The number of rotatable bonds is 7. The monoisotopic (exact) mass is 287 g/mol. The van der Waals surface area contributed by atoms with Gasteiger partial charge in [-0.2, -0.15) is 5.10 Å². The third-order valence-corrected chi connectivity index (χ3v) is 2.84. The maximum Gasteiger partial charge on any atom is 0.239 e. The van der Waals surface area contributed by atoms with E-state index in [9.17, 15) is 0 Å². The fourth-order valence-electron chi connectivity index (χ4n) is 1.80. The van der Waals surface area contributed by atoms with Crippen LogP contribution in [-0.2, 0) is 6.54 Å². The quantitative estimate of drug-likeness (QED) is 0.848. The van der Waals surface area contributed by atoms with Crippen LogP contribution in [0.3, 0.4) is 0 Å². The minimum atomic E-state index is 0.451. The first-order valence-electron chi connectivity index (χ1n) is 7.03. The lowest BCUT2D eigenvalue weighted by Crippen LogP contribution is -2.19. The normalized spacial score (nSPS) is 10.7. The van der Waals surface area contributed by atoms with Crippen molar-refractivity contribution < 1.29 is 9.47 Å². The number of para-hydroxylation sites is 2. The molecule has 1 aromatic carbocycles. The van der Waals surface area contributed by atoms with Gasteiger partial charge in [0.2, 0.25) is 5.88 Å². The molecule has 0 aliphatic rings. The summed E-state index contributed by atoms with van der Waals surface area (Å²) in [5.41, 5.74) is 0.892. The van der Waals surface area contributed by atoms with Gasteiger partial charge in [0.1, 0.15) is 0 Å². The molecule has 21 heavy (non-hydrogen) atoms. The molecule has 0 atom stereocenters. The largest absolute Gasteiger partial charge is 0.493 e. The second-order valence-corrected chi connectivity index (χ2v) is 5.14. The van der Waals surface area contributed by atoms with Gasteiger partial charge in [0.25, 0.3) is 0 Å². The van der Waals surface area contributed by atoms with E-state index in [-0.39, 0.29) is 0 Å². The van der Waals surface area contributed by atoms with Gasteiger partial charge >= 0.3 is 0 Å². The summed E-state index contributed by atoms with van der Waals surface area (Å²) in [7, 11) is 1.61. The molecule has 2 aromatic rings. The van der Waals surface area contributed by atoms with E-state index in [4.69, 9.17) is 9.47 Å². The zero-order valence-corrected chi connectivity index (χ0v) is 12.7. The van der Waals surface area contributed by atoms with Gasteiger partial charge in [-0.15, -0.1) is 5.10 Å². The molecule has 0 unspecified atom stereocenters.